The SMILES string of the molecule is O=C(NC1CCCCCCCC1)C1CCCCCCC(B(O)O)CCC1. The van der Waals surface area contributed by atoms with E-state index in [0.717, 1.165) is 70.6 Å². The Morgan fingerprint density at radius 3 is 1.73 bits per heavy atom. The summed E-state index contributed by atoms with van der Waals surface area (Å²) >= 11 is 0. The second-order valence-corrected chi connectivity index (χ2v) is 8.70. The van der Waals surface area contributed by atoms with Crippen LogP contribution in [0.2, 0.25) is 5.82 Å². The van der Waals surface area contributed by atoms with Crippen molar-refractivity contribution in [3.05, 3.63) is 0 Å². The summed E-state index contributed by atoms with van der Waals surface area (Å²) in [6.07, 6.45) is 19.1. The molecule has 4 nitrogen and oxygen atoms in total. The van der Waals surface area contributed by atoms with E-state index in [1.807, 2.05) is 0 Å². The molecule has 0 spiro atoms. The van der Waals surface area contributed by atoms with Crippen LogP contribution >= 0.6 is 0 Å². The van der Waals surface area contributed by atoms with Gasteiger partial charge in [-0.2, -0.15) is 0 Å². The molecule has 2 atom stereocenters. The lowest BCUT2D eigenvalue weighted by atomic mass is 9.67. The molecular formula is C21H40BNO3. The standard InChI is InChI=1S/C21H40BNO3/c24-21(23-20-16-9-3-1-2-4-10-17-20)18-12-7-5-6-8-14-19(22(25)26)15-11-13-18/h18-20,25-26H,1-17H2,(H,23,24). The highest BCUT2D eigenvalue weighted by Crippen LogP contribution is 2.28. The van der Waals surface area contributed by atoms with Crippen LogP contribution in [0.4, 0.5) is 0 Å². The molecule has 0 aliphatic heterocycles. The lowest BCUT2D eigenvalue weighted by molar-refractivity contribution is -0.126. The van der Waals surface area contributed by atoms with Crippen LogP contribution in [0.3, 0.4) is 0 Å². The minimum absolute atomic E-state index is 0.0221. The van der Waals surface area contributed by atoms with E-state index in [-0.39, 0.29) is 17.6 Å². The smallest absolute Gasteiger partial charge is 0.427 e. The quantitative estimate of drug-likeness (QED) is 0.641. The van der Waals surface area contributed by atoms with E-state index in [0.29, 0.717) is 6.04 Å². The first-order chi connectivity index (χ1) is 12.7. The van der Waals surface area contributed by atoms with Crippen molar-refractivity contribution in [3.63, 3.8) is 0 Å². The molecule has 2 saturated carbocycles. The van der Waals surface area contributed by atoms with Gasteiger partial charge in [-0.15, -0.1) is 0 Å². The average molecular weight is 365 g/mol. The summed E-state index contributed by atoms with van der Waals surface area (Å²) in [5.41, 5.74) is 0. The highest BCUT2D eigenvalue weighted by molar-refractivity contribution is 6.43. The van der Waals surface area contributed by atoms with Gasteiger partial charge in [-0.05, 0) is 31.5 Å². The molecule has 5 heteroatoms. The first-order valence-electron chi connectivity index (χ1n) is 11.3. The Hall–Kier alpha value is -0.545. The zero-order valence-electron chi connectivity index (χ0n) is 16.6. The maximum absolute atomic E-state index is 12.9. The Morgan fingerprint density at radius 2 is 1.12 bits per heavy atom. The summed E-state index contributed by atoms with van der Waals surface area (Å²) in [5.74, 6) is 0.345. The second-order valence-electron chi connectivity index (χ2n) is 8.70. The molecule has 0 aromatic carbocycles. The molecule has 26 heavy (non-hydrogen) atoms. The van der Waals surface area contributed by atoms with Gasteiger partial charge in [-0.25, -0.2) is 0 Å². The van der Waals surface area contributed by atoms with Crippen molar-refractivity contribution in [1.29, 1.82) is 0 Å². The monoisotopic (exact) mass is 365 g/mol. The number of nitrogens with one attached hydrogen (secondary N) is 1. The fourth-order valence-corrected chi connectivity index (χ4v) is 4.72. The van der Waals surface area contributed by atoms with E-state index in [2.05, 4.69) is 5.32 Å². The number of rotatable bonds is 3. The third kappa shape index (κ3) is 8.43. The van der Waals surface area contributed by atoms with Crippen molar-refractivity contribution >= 4 is 13.0 Å². The third-order valence-corrected chi connectivity index (χ3v) is 6.50. The molecule has 2 aliphatic carbocycles. The number of hydrogen-bond donors (Lipinski definition) is 3. The van der Waals surface area contributed by atoms with Crippen LogP contribution < -0.4 is 5.32 Å². The number of carbonyl (C=O) groups is 1. The number of hydrogen-bond acceptors (Lipinski definition) is 3. The Bertz CT molecular complexity index is 381. The van der Waals surface area contributed by atoms with Gasteiger partial charge < -0.3 is 15.4 Å². The van der Waals surface area contributed by atoms with E-state index >= 15 is 0 Å². The molecule has 0 aromatic heterocycles. The normalized spacial score (nSPS) is 28.1. The molecule has 2 unspecified atom stereocenters. The lowest BCUT2D eigenvalue weighted by Crippen LogP contribution is -2.39. The average Bonchev–Trinajstić information content (AvgIpc) is 2.70. The fraction of sp³-hybridized carbons (Fsp3) is 0.952. The van der Waals surface area contributed by atoms with Crippen LogP contribution in [-0.4, -0.2) is 29.1 Å². The Morgan fingerprint density at radius 1 is 0.654 bits per heavy atom. The van der Waals surface area contributed by atoms with Crippen LogP contribution in [0.15, 0.2) is 0 Å². The topological polar surface area (TPSA) is 69.6 Å². The number of amides is 1. The van der Waals surface area contributed by atoms with E-state index in [4.69, 9.17) is 0 Å². The van der Waals surface area contributed by atoms with Crippen molar-refractivity contribution in [2.45, 2.75) is 121 Å². The molecular weight excluding hydrogens is 325 g/mol. The summed E-state index contributed by atoms with van der Waals surface area (Å²) in [5, 5.41) is 22.5. The summed E-state index contributed by atoms with van der Waals surface area (Å²) in [4.78, 5) is 12.9. The predicted octanol–water partition coefficient (Wildman–Crippen LogP) is 4.59. The Balaban J connectivity index is 1.85. The van der Waals surface area contributed by atoms with E-state index in [9.17, 15) is 14.8 Å². The highest BCUT2D eigenvalue weighted by atomic mass is 16.4. The lowest BCUT2D eigenvalue weighted by Gasteiger charge is -2.23. The maximum Gasteiger partial charge on any atom is 0.454 e. The van der Waals surface area contributed by atoms with Crippen LogP contribution in [0, 0.1) is 5.92 Å². The van der Waals surface area contributed by atoms with Crippen LogP contribution in [0.5, 0.6) is 0 Å². The first kappa shape index (κ1) is 21.8. The molecule has 150 valence electrons. The van der Waals surface area contributed by atoms with Gasteiger partial charge in [0.05, 0.1) is 0 Å². The van der Waals surface area contributed by atoms with Crippen molar-refractivity contribution in [2.24, 2.45) is 5.92 Å². The van der Waals surface area contributed by atoms with Crippen molar-refractivity contribution in [3.8, 4) is 0 Å². The van der Waals surface area contributed by atoms with Gasteiger partial charge in [0.2, 0.25) is 5.91 Å². The van der Waals surface area contributed by atoms with Crippen molar-refractivity contribution in [1.82, 2.24) is 5.32 Å². The zero-order chi connectivity index (χ0) is 18.6. The fourth-order valence-electron chi connectivity index (χ4n) is 4.72. The largest absolute Gasteiger partial charge is 0.454 e. The molecule has 0 saturated heterocycles. The Kier molecular flexibility index (Phi) is 10.7. The van der Waals surface area contributed by atoms with Gasteiger partial charge in [0, 0.05) is 12.0 Å². The molecule has 0 heterocycles. The van der Waals surface area contributed by atoms with Gasteiger partial charge in [-0.3, -0.25) is 4.79 Å². The summed E-state index contributed by atoms with van der Waals surface area (Å²) in [6, 6.07) is 0.366. The zero-order valence-corrected chi connectivity index (χ0v) is 16.6. The van der Waals surface area contributed by atoms with Crippen LogP contribution in [0.25, 0.3) is 0 Å². The first-order valence-corrected chi connectivity index (χ1v) is 11.3. The third-order valence-electron chi connectivity index (χ3n) is 6.50. The van der Waals surface area contributed by atoms with Crippen LogP contribution in [-0.2, 0) is 4.79 Å². The number of carbonyl (C=O) groups excluding carboxylic acids is 1. The predicted molar refractivity (Wildman–Crippen MR) is 108 cm³/mol. The van der Waals surface area contributed by atoms with E-state index in [1.54, 1.807) is 0 Å². The maximum atomic E-state index is 12.9. The van der Waals surface area contributed by atoms with Gasteiger partial charge in [0.1, 0.15) is 0 Å². The summed E-state index contributed by atoms with van der Waals surface area (Å²) in [6.45, 7) is 0. The molecule has 0 radical (unpaired) electrons. The van der Waals surface area contributed by atoms with Crippen molar-refractivity contribution in [2.75, 3.05) is 0 Å². The minimum Gasteiger partial charge on any atom is -0.427 e. The van der Waals surface area contributed by atoms with Gasteiger partial charge >= 0.3 is 7.12 Å². The van der Waals surface area contributed by atoms with Gasteiger partial charge in [0.25, 0.3) is 0 Å². The molecule has 2 fully saturated rings. The highest BCUT2D eigenvalue weighted by Gasteiger charge is 2.26. The molecule has 1 amide bonds. The summed E-state index contributed by atoms with van der Waals surface area (Å²) in [7, 11) is -1.21. The summed E-state index contributed by atoms with van der Waals surface area (Å²) < 4.78 is 0. The van der Waals surface area contributed by atoms with Gasteiger partial charge in [-0.1, -0.05) is 83.5 Å². The molecule has 0 aromatic rings. The molecule has 3 N–H and O–H groups in total. The minimum atomic E-state index is -1.21. The molecule has 0 bridgehead atoms. The van der Waals surface area contributed by atoms with E-state index < -0.39 is 7.12 Å². The van der Waals surface area contributed by atoms with Crippen LogP contribution in [0.1, 0.15) is 109 Å². The second kappa shape index (κ2) is 12.8. The van der Waals surface area contributed by atoms with E-state index in [1.165, 1.54) is 38.5 Å². The molecule has 2 aliphatic rings. The van der Waals surface area contributed by atoms with Gasteiger partial charge in [0.15, 0.2) is 0 Å². The molecule has 2 rings (SSSR count). The Labute approximate surface area is 160 Å². The van der Waals surface area contributed by atoms with Crippen molar-refractivity contribution < 1.29 is 14.8 Å².